The van der Waals surface area contributed by atoms with Crippen LogP contribution in [0.1, 0.15) is 37.7 Å². The SMILES string of the molecule is CN=C(NCc1cc(OC)c(OC)cc1OC)NCC1(N2CCOCC2)CCCCC1. The summed E-state index contributed by atoms with van der Waals surface area (Å²) in [5.41, 5.74) is 1.16. The Labute approximate surface area is 186 Å². The van der Waals surface area contributed by atoms with E-state index in [0.29, 0.717) is 18.0 Å². The maximum Gasteiger partial charge on any atom is 0.191 e. The molecule has 3 rings (SSSR count). The number of hydrogen-bond acceptors (Lipinski definition) is 6. The lowest BCUT2D eigenvalue weighted by Gasteiger charge is -2.48. The van der Waals surface area contributed by atoms with Gasteiger partial charge in [0.2, 0.25) is 0 Å². The number of ether oxygens (including phenoxy) is 4. The first kappa shape index (κ1) is 23.5. The highest BCUT2D eigenvalue weighted by atomic mass is 16.5. The van der Waals surface area contributed by atoms with Crippen LogP contribution in [-0.4, -0.2) is 77.6 Å². The lowest BCUT2D eigenvalue weighted by atomic mass is 9.80. The van der Waals surface area contributed by atoms with Crippen LogP contribution in [0, 0.1) is 0 Å². The third kappa shape index (κ3) is 5.74. The number of morpholine rings is 1. The summed E-state index contributed by atoms with van der Waals surface area (Å²) in [7, 11) is 6.73. The zero-order valence-electron chi connectivity index (χ0n) is 19.5. The Bertz CT molecular complexity index is 729. The molecule has 1 aliphatic carbocycles. The molecule has 2 fully saturated rings. The van der Waals surface area contributed by atoms with Crippen LogP contribution in [0.2, 0.25) is 0 Å². The number of aliphatic imine (C=N–C) groups is 1. The zero-order valence-corrected chi connectivity index (χ0v) is 19.5. The van der Waals surface area contributed by atoms with Crippen molar-refractivity contribution in [3.05, 3.63) is 17.7 Å². The maximum atomic E-state index is 5.60. The van der Waals surface area contributed by atoms with E-state index < -0.39 is 0 Å². The van der Waals surface area contributed by atoms with Crippen molar-refractivity contribution in [3.8, 4) is 17.2 Å². The van der Waals surface area contributed by atoms with Crippen LogP contribution in [0.15, 0.2) is 17.1 Å². The Morgan fingerprint density at radius 2 is 1.61 bits per heavy atom. The van der Waals surface area contributed by atoms with Gasteiger partial charge in [0.05, 0.1) is 34.5 Å². The van der Waals surface area contributed by atoms with Crippen molar-refractivity contribution in [2.75, 3.05) is 61.2 Å². The summed E-state index contributed by atoms with van der Waals surface area (Å²) in [5.74, 6) is 2.86. The topological polar surface area (TPSA) is 76.6 Å². The number of hydrogen-bond donors (Lipinski definition) is 2. The number of nitrogens with zero attached hydrogens (tertiary/aromatic N) is 2. The van der Waals surface area contributed by atoms with Gasteiger partial charge in [0, 0.05) is 50.4 Å². The molecule has 1 saturated heterocycles. The Hall–Kier alpha value is -2.19. The Morgan fingerprint density at radius 3 is 2.23 bits per heavy atom. The number of nitrogens with one attached hydrogen (secondary N) is 2. The fourth-order valence-corrected chi connectivity index (χ4v) is 4.73. The molecular formula is C23H38N4O4. The zero-order chi connectivity index (χ0) is 22.1. The molecule has 0 atom stereocenters. The highest BCUT2D eigenvalue weighted by Gasteiger charge is 2.38. The average Bonchev–Trinajstić information content (AvgIpc) is 2.84. The van der Waals surface area contributed by atoms with Gasteiger partial charge in [0.25, 0.3) is 0 Å². The van der Waals surface area contributed by atoms with Crippen molar-refractivity contribution in [1.29, 1.82) is 0 Å². The number of rotatable bonds is 8. The van der Waals surface area contributed by atoms with Crippen molar-refractivity contribution < 1.29 is 18.9 Å². The van der Waals surface area contributed by atoms with E-state index in [0.717, 1.165) is 50.1 Å². The molecule has 2 aliphatic rings. The normalized spacial score (nSPS) is 19.5. The summed E-state index contributed by atoms with van der Waals surface area (Å²) >= 11 is 0. The van der Waals surface area contributed by atoms with E-state index in [1.807, 2.05) is 19.2 Å². The quantitative estimate of drug-likeness (QED) is 0.481. The van der Waals surface area contributed by atoms with Gasteiger partial charge in [0.15, 0.2) is 17.5 Å². The number of guanidine groups is 1. The molecule has 174 valence electrons. The molecule has 1 heterocycles. The molecule has 0 amide bonds. The van der Waals surface area contributed by atoms with Crippen LogP contribution in [0.3, 0.4) is 0 Å². The van der Waals surface area contributed by atoms with Crippen LogP contribution >= 0.6 is 0 Å². The van der Waals surface area contributed by atoms with E-state index in [4.69, 9.17) is 18.9 Å². The predicted octanol–water partition coefficient (Wildman–Crippen LogP) is 2.41. The van der Waals surface area contributed by atoms with Gasteiger partial charge in [-0.15, -0.1) is 0 Å². The Morgan fingerprint density at radius 1 is 0.968 bits per heavy atom. The van der Waals surface area contributed by atoms with E-state index in [2.05, 4.69) is 20.5 Å². The van der Waals surface area contributed by atoms with E-state index >= 15 is 0 Å². The van der Waals surface area contributed by atoms with E-state index in [9.17, 15) is 0 Å². The first-order chi connectivity index (χ1) is 15.2. The van der Waals surface area contributed by atoms with Crippen molar-refractivity contribution in [1.82, 2.24) is 15.5 Å². The molecule has 0 unspecified atom stereocenters. The second kappa shape index (κ2) is 11.4. The predicted molar refractivity (Wildman–Crippen MR) is 123 cm³/mol. The molecule has 8 heteroatoms. The molecule has 0 bridgehead atoms. The van der Waals surface area contributed by atoms with Crippen molar-refractivity contribution >= 4 is 5.96 Å². The first-order valence-corrected chi connectivity index (χ1v) is 11.2. The fraction of sp³-hybridized carbons (Fsp3) is 0.696. The molecule has 1 aliphatic heterocycles. The third-order valence-electron chi connectivity index (χ3n) is 6.51. The number of methoxy groups -OCH3 is 3. The molecule has 1 aromatic rings. The molecule has 8 nitrogen and oxygen atoms in total. The summed E-state index contributed by atoms with van der Waals surface area (Å²) in [4.78, 5) is 7.08. The molecule has 0 spiro atoms. The molecule has 0 radical (unpaired) electrons. The van der Waals surface area contributed by atoms with Gasteiger partial charge in [-0.1, -0.05) is 19.3 Å². The molecule has 1 saturated carbocycles. The van der Waals surface area contributed by atoms with Gasteiger partial charge in [-0.05, 0) is 18.9 Å². The van der Waals surface area contributed by atoms with Gasteiger partial charge >= 0.3 is 0 Å². The lowest BCUT2D eigenvalue weighted by molar-refractivity contribution is -0.0352. The molecular weight excluding hydrogens is 396 g/mol. The van der Waals surface area contributed by atoms with Gasteiger partial charge < -0.3 is 29.6 Å². The summed E-state index contributed by atoms with van der Waals surface area (Å²) in [6.07, 6.45) is 6.35. The highest BCUT2D eigenvalue weighted by molar-refractivity contribution is 5.79. The van der Waals surface area contributed by atoms with Crippen LogP contribution < -0.4 is 24.8 Å². The fourth-order valence-electron chi connectivity index (χ4n) is 4.73. The molecule has 31 heavy (non-hydrogen) atoms. The van der Waals surface area contributed by atoms with E-state index in [1.165, 1.54) is 32.1 Å². The van der Waals surface area contributed by atoms with Crippen molar-refractivity contribution in [2.24, 2.45) is 4.99 Å². The largest absolute Gasteiger partial charge is 0.496 e. The average molecular weight is 435 g/mol. The minimum absolute atomic E-state index is 0.181. The van der Waals surface area contributed by atoms with Crippen molar-refractivity contribution in [2.45, 2.75) is 44.2 Å². The highest BCUT2D eigenvalue weighted by Crippen LogP contribution is 2.35. The molecule has 1 aromatic carbocycles. The first-order valence-electron chi connectivity index (χ1n) is 11.2. The third-order valence-corrected chi connectivity index (χ3v) is 6.51. The minimum atomic E-state index is 0.181. The summed E-state index contributed by atoms with van der Waals surface area (Å²) in [6.45, 7) is 5.12. The summed E-state index contributed by atoms with van der Waals surface area (Å²) in [5, 5.41) is 7.02. The van der Waals surface area contributed by atoms with E-state index in [1.54, 1.807) is 21.3 Å². The molecule has 0 aromatic heterocycles. The van der Waals surface area contributed by atoms with Crippen LogP contribution in [0.25, 0.3) is 0 Å². The Balaban J connectivity index is 1.65. The van der Waals surface area contributed by atoms with Gasteiger partial charge in [-0.2, -0.15) is 0 Å². The summed E-state index contributed by atoms with van der Waals surface area (Å²) in [6, 6.07) is 3.79. The monoisotopic (exact) mass is 434 g/mol. The second-order valence-electron chi connectivity index (χ2n) is 8.18. The van der Waals surface area contributed by atoms with Crippen LogP contribution in [0.5, 0.6) is 17.2 Å². The Kier molecular flexibility index (Phi) is 8.66. The van der Waals surface area contributed by atoms with Crippen LogP contribution in [-0.2, 0) is 11.3 Å². The van der Waals surface area contributed by atoms with E-state index in [-0.39, 0.29) is 5.54 Å². The standard InChI is InChI=1S/C23H38N4O4/c1-24-22(25-16-18-14-20(29-3)21(30-4)15-19(18)28-2)26-17-23(8-6-5-7-9-23)27-10-12-31-13-11-27/h14-15H,5-13,16-17H2,1-4H3,(H2,24,25,26). The number of benzene rings is 1. The smallest absolute Gasteiger partial charge is 0.191 e. The van der Waals surface area contributed by atoms with Crippen molar-refractivity contribution in [3.63, 3.8) is 0 Å². The van der Waals surface area contributed by atoms with Gasteiger partial charge in [0.1, 0.15) is 5.75 Å². The second-order valence-corrected chi connectivity index (χ2v) is 8.18. The summed E-state index contributed by atoms with van der Waals surface area (Å²) < 4.78 is 22.0. The minimum Gasteiger partial charge on any atom is -0.496 e. The van der Waals surface area contributed by atoms with Crippen LogP contribution in [0.4, 0.5) is 0 Å². The maximum absolute atomic E-state index is 5.60. The van der Waals surface area contributed by atoms with Gasteiger partial charge in [-0.25, -0.2) is 0 Å². The lowest BCUT2D eigenvalue weighted by Crippen LogP contribution is -2.60. The molecule has 2 N–H and O–H groups in total. The van der Waals surface area contributed by atoms with Gasteiger partial charge in [-0.3, -0.25) is 9.89 Å².